The number of carbonyl (C=O) groups excluding carboxylic acids is 12. The maximum atomic E-state index is 14.5. The molecule has 8 heterocycles. The lowest BCUT2D eigenvalue weighted by Gasteiger charge is -2.48. The number of ether oxygens (including phenoxy) is 14. The Kier molecular flexibility index (Phi) is 45.2. The molecule has 8 aliphatic heterocycles. The third-order valence-electron chi connectivity index (χ3n) is 23.4. The molecule has 60 heteroatoms. The zero-order chi connectivity index (χ0) is 102. The summed E-state index contributed by atoms with van der Waals surface area (Å²) in [6, 6.07) is -13.3. The molecule has 8 fully saturated rings. The number of aliphatic hydroxyl groups is 20. The van der Waals surface area contributed by atoms with Gasteiger partial charge in [-0.25, -0.2) is 0 Å². The minimum Gasteiger partial charge on any atom is -0.394 e. The van der Waals surface area contributed by atoms with Crippen molar-refractivity contribution in [3.05, 3.63) is 0 Å². The van der Waals surface area contributed by atoms with Crippen LogP contribution in [0.15, 0.2) is 0 Å². The molecule has 0 unspecified atom stereocenters. The van der Waals surface area contributed by atoms with Crippen LogP contribution in [-0.4, -0.2) is 546 Å². The van der Waals surface area contributed by atoms with Gasteiger partial charge in [0.15, 0.2) is 50.1 Å². The average molecular weight is 2000 g/mol. The van der Waals surface area contributed by atoms with Crippen molar-refractivity contribution in [3.63, 3.8) is 0 Å². The smallest absolute Gasteiger partial charge is 0.236 e. The second-order valence-corrected chi connectivity index (χ2v) is 34.0. The van der Waals surface area contributed by atoms with E-state index in [1.807, 2.05) is 0 Å². The highest BCUT2D eigenvalue weighted by atomic mass is 16.7. The van der Waals surface area contributed by atoms with Crippen LogP contribution in [0, 0.1) is 0 Å². The Hall–Kier alpha value is -7.80. The van der Waals surface area contributed by atoms with E-state index in [9.17, 15) is 160 Å². The van der Waals surface area contributed by atoms with E-state index in [4.69, 9.17) is 66.3 Å². The molecule has 8 saturated heterocycles. The van der Waals surface area contributed by atoms with Crippen LogP contribution in [0.3, 0.4) is 0 Å². The van der Waals surface area contributed by atoms with Crippen LogP contribution in [0.1, 0.15) is 55.4 Å². The number of nitrogens with one attached hydrogen (secondary N) is 12. The summed E-state index contributed by atoms with van der Waals surface area (Å²) in [5.74, 6) is -10.8. The molecule has 0 spiro atoms. The number of nitrogens with zero attached hydrogens (tertiary/aromatic N) is 2. The average Bonchev–Trinajstić information content (AvgIpc) is 0.783. The molecule has 0 radical (unpaired) electrons. The highest BCUT2D eigenvalue weighted by Crippen LogP contribution is 2.36. The Bertz CT molecular complexity index is 3490. The van der Waals surface area contributed by atoms with Gasteiger partial charge in [-0.1, -0.05) is 0 Å². The molecule has 0 aromatic rings. The molecule has 790 valence electrons. The summed E-state index contributed by atoms with van der Waals surface area (Å²) in [5, 5.41) is 247. The van der Waals surface area contributed by atoms with E-state index in [2.05, 4.69) is 63.8 Å². The van der Waals surface area contributed by atoms with Gasteiger partial charge in [0, 0.05) is 68.5 Å². The molecule has 40 atom stereocenters. The van der Waals surface area contributed by atoms with Gasteiger partial charge in [0.05, 0.1) is 105 Å². The van der Waals surface area contributed by atoms with Gasteiger partial charge in [0.25, 0.3) is 0 Å². The minimum atomic E-state index is -2.01. The third-order valence-corrected chi connectivity index (χ3v) is 23.4. The molecular formula is C78H132N14O46. The lowest BCUT2D eigenvalue weighted by atomic mass is 9.94. The van der Waals surface area contributed by atoms with Crippen molar-refractivity contribution < 1.29 is 226 Å². The summed E-state index contributed by atoms with van der Waals surface area (Å²) < 4.78 is 82.6. The zero-order valence-corrected chi connectivity index (χ0v) is 76.3. The van der Waals surface area contributed by atoms with Crippen molar-refractivity contribution in [2.24, 2.45) is 0 Å². The van der Waals surface area contributed by atoms with Crippen LogP contribution in [0.2, 0.25) is 0 Å². The van der Waals surface area contributed by atoms with Crippen LogP contribution in [0.4, 0.5) is 0 Å². The predicted molar refractivity (Wildman–Crippen MR) is 445 cm³/mol. The molecule has 138 heavy (non-hydrogen) atoms. The van der Waals surface area contributed by atoms with Gasteiger partial charge in [-0.2, -0.15) is 0 Å². The van der Waals surface area contributed by atoms with Crippen LogP contribution >= 0.6 is 0 Å². The SMILES string of the molecule is CC(=O)N[C@@H]1[C@@H](O)[C@H](O[C@@H]2O[C@H](CO)[C@@H](O)[C@H](O)[C@H]2NC(C)=O)[C@@H](CO)O[C@H]1NC(=O)CN(CCOCCOCCN(CC(=O)N[C@@H]1O[C@H](CO)[C@@H](O[C@@H]2O[C@H](CO)[C@@H](O)[C@H](O)[C@H]2NC(C)=O)[C@H](O)[C@H]1NC(C)=O)CC(=O)N[C@@H]1O[C@H](CO)[C@@H](O[C@@H]2O[C@H](CO)[C@@H](O)[C@H](O)[C@H]2NC(C)=O)[C@H](O)[C@H]1NC(C)=O)CC(=O)N[C@@H]1O[C@H](CO)[C@@H](O[C@@H]2O[C@H](CO)[C@@H](O)[C@H](O)[C@H]2NC(C)=O)[C@H](O)[C@H]1NC(C)=O. The number of amides is 12. The van der Waals surface area contributed by atoms with E-state index < -0.39 is 421 Å². The summed E-state index contributed by atoms with van der Waals surface area (Å²) in [6.45, 7) is -5.60. The van der Waals surface area contributed by atoms with E-state index in [0.717, 1.165) is 65.2 Å². The first-order valence-electron chi connectivity index (χ1n) is 44.1. The maximum absolute atomic E-state index is 14.5. The molecule has 8 rings (SSSR count). The summed E-state index contributed by atoms with van der Waals surface area (Å²) >= 11 is 0. The second-order valence-electron chi connectivity index (χ2n) is 34.0. The standard InChI is InChI=1S/C78H132N14O46/c1-27(101)79-47-63(121)67(135-75-51(83-31(5)105)59(117)55(113)35(19-93)131-75)39(23-97)127-71(47)87-43(109)15-91(16-44(110)88-72-48(80-28(2)102)64(122)68(40(24-98)128-72)136-76-52(84-32(6)106)60(118)56(114)36(20-94)132-76)9-11-125-13-14-126-12-10-92(17-45(111)89-73-49(81-29(3)103)65(123)69(41(25-99)129-73)137-77-53(85-33(7)107)61(119)57(115)37(21-95)133-77)18-46(112)90-74-50(82-30(4)104)66(124)70(42(26-100)130-74)138-78-54(86-34(8)108)62(120)58(116)38(22-96)134-78/h35-42,47-78,93-100,113-124H,9-26H2,1-8H3,(H,79,101)(H,80,102)(H,81,103)(H,82,104)(H,83,105)(H,84,106)(H,85,107)(H,86,108)(H,87,109)(H,88,110)(H,89,111)(H,90,112)/t35-,36-,37-,38-,39-,40-,41-,42-,47-,48-,49-,50-,51-,52-,53-,54-,55-,56-,57-,58-,59-,60-,61-,62-,63-,64-,65-,66-,67-,68-,69-,70-,71-,72-,73-,74-,75+,76+,77+,78+/m1/s1. The molecule has 0 saturated carbocycles. The summed E-state index contributed by atoms with van der Waals surface area (Å²) in [7, 11) is 0. The summed E-state index contributed by atoms with van der Waals surface area (Å²) in [5.41, 5.74) is 0. The van der Waals surface area contributed by atoms with Gasteiger partial charge in [-0.05, 0) is 0 Å². The Morgan fingerprint density at radius 2 is 0.399 bits per heavy atom. The molecule has 0 aliphatic carbocycles. The van der Waals surface area contributed by atoms with Gasteiger partial charge in [0.1, 0.15) is 195 Å². The van der Waals surface area contributed by atoms with E-state index in [1.54, 1.807) is 0 Å². The van der Waals surface area contributed by atoms with Gasteiger partial charge in [-0.15, -0.1) is 0 Å². The van der Waals surface area contributed by atoms with Crippen molar-refractivity contribution >= 4 is 70.9 Å². The number of rotatable bonds is 45. The Labute approximate surface area is 786 Å². The molecule has 0 aromatic heterocycles. The Morgan fingerprint density at radius 1 is 0.225 bits per heavy atom. The van der Waals surface area contributed by atoms with Crippen LogP contribution in [-0.2, 0) is 124 Å². The second kappa shape index (κ2) is 54.1. The molecule has 12 amide bonds. The Morgan fingerprint density at radius 3 is 0.565 bits per heavy atom. The summed E-state index contributed by atoms with van der Waals surface area (Å²) in [6.07, 6.45) is -57.4. The normalized spacial score (nSPS) is 38.2. The number of hydrogen-bond acceptors (Lipinski definition) is 48. The van der Waals surface area contributed by atoms with Crippen LogP contribution in [0.5, 0.6) is 0 Å². The minimum absolute atomic E-state index is 0.375. The lowest BCUT2D eigenvalue weighted by molar-refractivity contribution is -0.315. The molecule has 8 aliphatic rings. The van der Waals surface area contributed by atoms with Crippen molar-refractivity contribution in [2.45, 2.75) is 300 Å². The van der Waals surface area contributed by atoms with Crippen molar-refractivity contribution in [2.75, 3.05) is 119 Å². The van der Waals surface area contributed by atoms with Crippen LogP contribution in [0.25, 0.3) is 0 Å². The molecular weight excluding hydrogens is 1870 g/mol. The zero-order valence-electron chi connectivity index (χ0n) is 76.3. The molecule has 60 nitrogen and oxygen atoms in total. The van der Waals surface area contributed by atoms with E-state index in [0.29, 0.717) is 0 Å². The molecule has 32 N–H and O–H groups in total. The highest BCUT2D eigenvalue weighted by Gasteiger charge is 2.59. The highest BCUT2D eigenvalue weighted by molar-refractivity contribution is 5.83. The predicted octanol–water partition coefficient (Wildman–Crippen LogP) is -22.3. The van der Waals surface area contributed by atoms with Gasteiger partial charge >= 0.3 is 0 Å². The van der Waals surface area contributed by atoms with Crippen LogP contribution < -0.4 is 63.8 Å². The molecule has 0 aromatic carbocycles. The lowest BCUT2D eigenvalue weighted by Crippen LogP contribution is -2.71. The topological polar surface area (TPSA) is 890 Å². The third kappa shape index (κ3) is 30.9. The van der Waals surface area contributed by atoms with Crippen molar-refractivity contribution in [1.82, 2.24) is 73.6 Å². The number of carbonyl (C=O) groups is 12. The fourth-order valence-corrected chi connectivity index (χ4v) is 16.9. The quantitative estimate of drug-likeness (QED) is 0.0252. The van der Waals surface area contributed by atoms with Gasteiger partial charge < -0.3 is 232 Å². The van der Waals surface area contributed by atoms with E-state index in [-0.39, 0.29) is 13.2 Å². The maximum Gasteiger partial charge on any atom is 0.236 e. The monoisotopic (exact) mass is 2000 g/mol. The number of aliphatic hydroxyl groups excluding tert-OH is 20. The van der Waals surface area contributed by atoms with Crippen molar-refractivity contribution in [1.29, 1.82) is 0 Å². The van der Waals surface area contributed by atoms with Crippen molar-refractivity contribution in [3.8, 4) is 0 Å². The van der Waals surface area contributed by atoms with E-state index >= 15 is 0 Å². The molecule has 0 bridgehead atoms. The van der Waals surface area contributed by atoms with Gasteiger partial charge in [-0.3, -0.25) is 67.3 Å². The summed E-state index contributed by atoms with van der Waals surface area (Å²) in [4.78, 5) is 161. The number of hydrogen-bond donors (Lipinski definition) is 32. The largest absolute Gasteiger partial charge is 0.394 e. The van der Waals surface area contributed by atoms with E-state index in [1.165, 1.54) is 0 Å². The fourth-order valence-electron chi connectivity index (χ4n) is 16.9. The first-order valence-corrected chi connectivity index (χ1v) is 44.1. The fraction of sp³-hybridized carbons (Fsp3) is 0.846. The van der Waals surface area contributed by atoms with Gasteiger partial charge in [0.2, 0.25) is 70.9 Å². The Balaban J connectivity index is 1.03. The first kappa shape index (κ1) is 115. The first-order chi connectivity index (χ1) is 65.2.